The third kappa shape index (κ3) is 5.95. The fourth-order valence-corrected chi connectivity index (χ4v) is 4.15. The first-order chi connectivity index (χ1) is 13.6. The maximum atomic E-state index is 12.4. The molecule has 3 rings (SSSR count). The van der Waals surface area contributed by atoms with Gasteiger partial charge in [0.25, 0.3) is 0 Å². The molecule has 7 heteroatoms. The van der Waals surface area contributed by atoms with Gasteiger partial charge < -0.3 is 19.3 Å². The number of hydrogen-bond donors (Lipinski definition) is 1. The summed E-state index contributed by atoms with van der Waals surface area (Å²) in [6.07, 6.45) is 4.51. The summed E-state index contributed by atoms with van der Waals surface area (Å²) in [7, 11) is 0. The minimum Gasteiger partial charge on any atom is -0.444 e. The monoisotopic (exact) mass is 406 g/mol. The third-order valence-electron chi connectivity index (χ3n) is 5.83. The molecular formula is C22H38N4O3. The van der Waals surface area contributed by atoms with E-state index in [1.807, 2.05) is 25.7 Å². The maximum absolute atomic E-state index is 12.4. The summed E-state index contributed by atoms with van der Waals surface area (Å²) in [6.45, 7) is 15.1. The molecule has 1 N–H and O–H groups in total. The fourth-order valence-electron chi connectivity index (χ4n) is 4.15. The van der Waals surface area contributed by atoms with Crippen molar-refractivity contribution in [2.45, 2.75) is 84.0 Å². The van der Waals surface area contributed by atoms with Gasteiger partial charge in [-0.15, -0.1) is 0 Å². The summed E-state index contributed by atoms with van der Waals surface area (Å²) < 4.78 is 7.84. The van der Waals surface area contributed by atoms with Crippen LogP contribution >= 0.6 is 0 Å². The normalized spacial score (nSPS) is 21.9. The molecule has 2 fully saturated rings. The third-order valence-corrected chi connectivity index (χ3v) is 5.83. The molecule has 2 saturated heterocycles. The van der Waals surface area contributed by atoms with Crippen LogP contribution in [0.25, 0.3) is 0 Å². The van der Waals surface area contributed by atoms with Gasteiger partial charge in [-0.05, 0) is 46.0 Å². The Hall–Kier alpha value is -1.60. The number of hydrogen-bond acceptors (Lipinski definition) is 5. The predicted octanol–water partition coefficient (Wildman–Crippen LogP) is 3.19. The van der Waals surface area contributed by atoms with Crippen LogP contribution in [0.1, 0.15) is 77.2 Å². The minimum atomic E-state index is -0.459. The van der Waals surface area contributed by atoms with E-state index < -0.39 is 5.60 Å². The van der Waals surface area contributed by atoms with E-state index in [1.54, 1.807) is 0 Å². The van der Waals surface area contributed by atoms with Crippen molar-refractivity contribution in [3.8, 4) is 0 Å². The molecule has 164 valence electrons. The van der Waals surface area contributed by atoms with Gasteiger partial charge in [-0.3, -0.25) is 4.90 Å². The van der Waals surface area contributed by atoms with Gasteiger partial charge in [-0.25, -0.2) is 9.78 Å². The largest absolute Gasteiger partial charge is 0.444 e. The number of carbonyl (C=O) groups excluding carboxylic acids is 1. The zero-order valence-electron chi connectivity index (χ0n) is 18.7. The topological polar surface area (TPSA) is 70.8 Å². The SMILES string of the molecule is CC(C)c1cn(CCN2CCC(O)C2)c(C2CCN(C(=O)OC(C)(C)C)CC2)n1. The Balaban J connectivity index is 1.63. The zero-order valence-corrected chi connectivity index (χ0v) is 18.7. The van der Waals surface area contributed by atoms with Crippen molar-refractivity contribution in [3.63, 3.8) is 0 Å². The maximum Gasteiger partial charge on any atom is 0.410 e. The smallest absolute Gasteiger partial charge is 0.410 e. The second kappa shape index (κ2) is 9.04. The van der Waals surface area contributed by atoms with Crippen LogP contribution in [0.5, 0.6) is 0 Å². The van der Waals surface area contributed by atoms with Gasteiger partial charge in [0.05, 0.1) is 11.8 Å². The fraction of sp³-hybridized carbons (Fsp3) is 0.818. The van der Waals surface area contributed by atoms with E-state index in [-0.39, 0.29) is 12.2 Å². The van der Waals surface area contributed by atoms with E-state index in [1.165, 1.54) is 0 Å². The number of likely N-dealkylation sites (tertiary alicyclic amines) is 2. The van der Waals surface area contributed by atoms with Crippen molar-refractivity contribution in [1.29, 1.82) is 0 Å². The highest BCUT2D eigenvalue weighted by Crippen LogP contribution is 2.30. The molecule has 2 aliphatic heterocycles. The number of amides is 1. The van der Waals surface area contributed by atoms with Gasteiger partial charge in [-0.1, -0.05) is 13.8 Å². The van der Waals surface area contributed by atoms with Crippen LogP contribution in [0, 0.1) is 0 Å². The van der Waals surface area contributed by atoms with Crippen LogP contribution < -0.4 is 0 Å². The molecule has 29 heavy (non-hydrogen) atoms. The van der Waals surface area contributed by atoms with Crippen molar-refractivity contribution < 1.29 is 14.6 Å². The lowest BCUT2D eigenvalue weighted by Crippen LogP contribution is -2.41. The number of aliphatic hydroxyl groups is 1. The van der Waals surface area contributed by atoms with Crippen LogP contribution in [0.2, 0.25) is 0 Å². The molecule has 0 aliphatic carbocycles. The van der Waals surface area contributed by atoms with Gasteiger partial charge >= 0.3 is 6.09 Å². The number of imidazole rings is 1. The lowest BCUT2D eigenvalue weighted by atomic mass is 9.96. The number of carbonyl (C=O) groups is 1. The summed E-state index contributed by atoms with van der Waals surface area (Å²) in [5.41, 5.74) is 0.676. The second-order valence-corrected chi connectivity index (χ2v) is 9.86. The van der Waals surface area contributed by atoms with E-state index in [0.29, 0.717) is 24.9 Å². The Morgan fingerprint density at radius 3 is 2.45 bits per heavy atom. The number of aliphatic hydroxyl groups excluding tert-OH is 1. The minimum absolute atomic E-state index is 0.180. The molecule has 0 aromatic carbocycles. The van der Waals surface area contributed by atoms with E-state index in [2.05, 4.69) is 29.5 Å². The molecule has 1 aromatic heterocycles. The quantitative estimate of drug-likeness (QED) is 0.813. The average molecular weight is 407 g/mol. The molecule has 0 radical (unpaired) electrons. The van der Waals surface area contributed by atoms with E-state index in [9.17, 15) is 9.90 Å². The Kier molecular flexibility index (Phi) is 6.89. The molecular weight excluding hydrogens is 368 g/mol. The lowest BCUT2D eigenvalue weighted by Gasteiger charge is -2.33. The van der Waals surface area contributed by atoms with Crippen LogP contribution in [-0.2, 0) is 11.3 Å². The molecule has 0 bridgehead atoms. The highest BCUT2D eigenvalue weighted by molar-refractivity contribution is 5.68. The molecule has 7 nitrogen and oxygen atoms in total. The van der Waals surface area contributed by atoms with Crippen molar-refractivity contribution in [2.24, 2.45) is 0 Å². The standard InChI is InChI=1S/C22H38N4O3/c1-16(2)19-15-26(13-12-24-9-8-18(27)14-24)20(23-19)17-6-10-25(11-7-17)21(28)29-22(3,4)5/h15-18,27H,6-14H2,1-5H3. The van der Waals surface area contributed by atoms with Gasteiger partial charge in [0.2, 0.25) is 0 Å². The molecule has 1 unspecified atom stereocenters. The number of rotatable bonds is 5. The summed E-state index contributed by atoms with van der Waals surface area (Å²) in [6, 6.07) is 0. The lowest BCUT2D eigenvalue weighted by molar-refractivity contribution is 0.0202. The second-order valence-electron chi connectivity index (χ2n) is 9.86. The Morgan fingerprint density at radius 2 is 1.90 bits per heavy atom. The van der Waals surface area contributed by atoms with Crippen molar-refractivity contribution in [2.75, 3.05) is 32.7 Å². The number of ether oxygens (including phenoxy) is 1. The van der Waals surface area contributed by atoms with Crippen LogP contribution in [0.15, 0.2) is 6.20 Å². The summed E-state index contributed by atoms with van der Waals surface area (Å²) >= 11 is 0. The summed E-state index contributed by atoms with van der Waals surface area (Å²) in [5, 5.41) is 9.77. The molecule has 0 saturated carbocycles. The van der Waals surface area contributed by atoms with Crippen molar-refractivity contribution in [3.05, 3.63) is 17.7 Å². The zero-order chi connectivity index (χ0) is 21.2. The van der Waals surface area contributed by atoms with Crippen molar-refractivity contribution in [1.82, 2.24) is 19.4 Å². The Morgan fingerprint density at radius 1 is 1.21 bits per heavy atom. The number of piperidine rings is 1. The number of nitrogens with zero attached hydrogens (tertiary/aromatic N) is 4. The van der Waals surface area contributed by atoms with Crippen LogP contribution in [0.4, 0.5) is 4.79 Å². The summed E-state index contributed by atoms with van der Waals surface area (Å²) in [4.78, 5) is 21.5. The molecule has 0 spiro atoms. The van der Waals surface area contributed by atoms with Gasteiger partial charge in [0, 0.05) is 51.4 Å². The van der Waals surface area contributed by atoms with E-state index in [4.69, 9.17) is 9.72 Å². The Labute approximate surface area is 175 Å². The van der Waals surface area contributed by atoms with Gasteiger partial charge in [0.15, 0.2) is 0 Å². The number of aromatic nitrogens is 2. The highest BCUT2D eigenvalue weighted by Gasteiger charge is 2.30. The Bertz CT molecular complexity index is 687. The molecule has 3 heterocycles. The first-order valence-electron chi connectivity index (χ1n) is 11.1. The van der Waals surface area contributed by atoms with E-state index in [0.717, 1.165) is 57.0 Å². The molecule has 1 amide bonds. The predicted molar refractivity (Wildman–Crippen MR) is 113 cm³/mol. The van der Waals surface area contributed by atoms with E-state index >= 15 is 0 Å². The van der Waals surface area contributed by atoms with Crippen LogP contribution in [-0.4, -0.2) is 75.0 Å². The molecule has 2 aliphatic rings. The van der Waals surface area contributed by atoms with Gasteiger partial charge in [-0.2, -0.15) is 0 Å². The molecule has 1 aromatic rings. The number of β-amino-alcohol motifs (C(OH)–C–C–N with tert-alkyl or cyclic N) is 1. The first-order valence-corrected chi connectivity index (χ1v) is 11.1. The first kappa shape index (κ1) is 22.1. The summed E-state index contributed by atoms with van der Waals surface area (Å²) in [5.74, 6) is 1.91. The average Bonchev–Trinajstić information content (AvgIpc) is 3.25. The van der Waals surface area contributed by atoms with Crippen molar-refractivity contribution >= 4 is 6.09 Å². The molecule has 1 atom stereocenters. The highest BCUT2D eigenvalue weighted by atomic mass is 16.6. The van der Waals surface area contributed by atoms with Gasteiger partial charge in [0.1, 0.15) is 11.4 Å². The van der Waals surface area contributed by atoms with Crippen LogP contribution in [0.3, 0.4) is 0 Å².